The van der Waals surface area contributed by atoms with E-state index < -0.39 is 30.1 Å². The monoisotopic (exact) mass is 415 g/mol. The quantitative estimate of drug-likeness (QED) is 0.281. The van der Waals surface area contributed by atoms with Crippen molar-refractivity contribution in [1.82, 2.24) is 15.6 Å². The van der Waals surface area contributed by atoms with Crippen LogP contribution in [0.4, 0.5) is 11.8 Å². The topological polar surface area (TPSA) is 155 Å². The molecule has 1 fully saturated rings. The molecule has 0 amide bonds. The summed E-state index contributed by atoms with van der Waals surface area (Å²) in [4.78, 5) is 29.7. The molecular weight excluding hydrogens is 382 g/mol. The number of nitrogens with zero attached hydrogens (tertiary/aromatic N) is 2. The van der Waals surface area contributed by atoms with Gasteiger partial charge in [-0.25, -0.2) is 0 Å². The second-order valence-electron chi connectivity index (χ2n) is 6.13. The normalized spacial score (nSPS) is 23.8. The summed E-state index contributed by atoms with van der Waals surface area (Å²) in [6, 6.07) is 0. The number of unbranched alkanes of at least 4 members (excludes halogenated alkanes) is 1. The molecule has 1 aromatic heterocycles. The molecule has 1 aliphatic heterocycles. The molecule has 2 rings (SSSR count). The van der Waals surface area contributed by atoms with E-state index in [1.807, 2.05) is 26.8 Å². The highest BCUT2D eigenvalue weighted by molar-refractivity contribution is 5.51. The van der Waals surface area contributed by atoms with Crippen LogP contribution < -0.4 is 21.8 Å². The summed E-state index contributed by atoms with van der Waals surface area (Å²) in [5.74, 6) is 0.170. The zero-order valence-corrected chi connectivity index (χ0v) is 17.6. The second-order valence-corrected chi connectivity index (χ2v) is 6.13. The summed E-state index contributed by atoms with van der Waals surface area (Å²) < 4.78 is 5.78. The molecule has 0 bridgehead atoms. The van der Waals surface area contributed by atoms with Crippen molar-refractivity contribution < 1.29 is 24.6 Å². The van der Waals surface area contributed by atoms with E-state index in [2.05, 4.69) is 20.4 Å². The van der Waals surface area contributed by atoms with Crippen molar-refractivity contribution in [3.8, 4) is 0 Å². The summed E-state index contributed by atoms with van der Waals surface area (Å²) in [7, 11) is 1.37. The van der Waals surface area contributed by atoms with Crippen molar-refractivity contribution in [3.05, 3.63) is 28.2 Å². The summed E-state index contributed by atoms with van der Waals surface area (Å²) >= 11 is 0. The van der Waals surface area contributed by atoms with Crippen molar-refractivity contribution in [3.63, 3.8) is 0 Å². The standard InChI is InChI=1S/C16H27N5O6.C2H6/c1-4-5-6-7-21(13-9(2)14(24)19-16(17)18-13)15-12(23)11(22)10(27-15)8-26-20-25-3;1-2/h6-7,10-12,15,20,22-23H,4-5,8H2,1-3H3,(H3,17,18,19,24);1-2H3/b7-6+;. The molecule has 0 radical (unpaired) electrons. The smallest absolute Gasteiger partial charge is 0.257 e. The number of hydrogen-bond acceptors (Lipinski definition) is 10. The van der Waals surface area contributed by atoms with Crippen molar-refractivity contribution >= 4 is 11.8 Å². The van der Waals surface area contributed by atoms with Crippen molar-refractivity contribution in [2.45, 2.75) is 65.1 Å². The van der Waals surface area contributed by atoms with Crippen molar-refractivity contribution in [2.24, 2.45) is 0 Å². The average Bonchev–Trinajstić information content (AvgIpc) is 2.98. The lowest BCUT2D eigenvalue weighted by Gasteiger charge is -2.29. The number of aromatic nitrogens is 2. The Bertz CT molecular complexity index is 698. The van der Waals surface area contributed by atoms with Crippen molar-refractivity contribution in [2.75, 3.05) is 24.4 Å². The van der Waals surface area contributed by atoms with Crippen LogP contribution >= 0.6 is 0 Å². The number of aliphatic hydroxyl groups is 2. The van der Waals surface area contributed by atoms with E-state index in [9.17, 15) is 15.0 Å². The first-order chi connectivity index (χ1) is 13.9. The predicted molar refractivity (Wildman–Crippen MR) is 109 cm³/mol. The van der Waals surface area contributed by atoms with E-state index >= 15 is 0 Å². The van der Waals surface area contributed by atoms with Crippen LogP contribution in [0.15, 0.2) is 17.1 Å². The molecule has 2 heterocycles. The van der Waals surface area contributed by atoms with Crippen molar-refractivity contribution in [1.29, 1.82) is 0 Å². The molecule has 4 unspecified atom stereocenters. The number of H-pyrrole nitrogens is 1. The number of ether oxygens (including phenoxy) is 1. The maximum atomic E-state index is 12.1. The highest BCUT2D eigenvalue weighted by Crippen LogP contribution is 2.29. The summed E-state index contributed by atoms with van der Waals surface area (Å²) in [5, 5.41) is 20.8. The third-order valence-electron chi connectivity index (χ3n) is 4.11. The maximum absolute atomic E-state index is 12.1. The number of aliphatic hydroxyl groups excluding tert-OH is 2. The van der Waals surface area contributed by atoms with Gasteiger partial charge in [0, 0.05) is 6.20 Å². The van der Waals surface area contributed by atoms with E-state index in [4.69, 9.17) is 15.3 Å². The fraction of sp³-hybridized carbons (Fsp3) is 0.667. The van der Waals surface area contributed by atoms with E-state index in [0.29, 0.717) is 5.56 Å². The second kappa shape index (κ2) is 12.5. The lowest BCUT2D eigenvalue weighted by molar-refractivity contribution is -0.177. The Morgan fingerprint density at radius 2 is 2.07 bits per heavy atom. The zero-order chi connectivity index (χ0) is 22.0. The number of nitrogens with two attached hydrogens (primary N) is 1. The van der Waals surface area contributed by atoms with Gasteiger partial charge in [-0.2, -0.15) is 4.98 Å². The van der Waals surface area contributed by atoms with Crippen LogP contribution in [-0.2, 0) is 14.4 Å². The van der Waals surface area contributed by atoms with Crippen LogP contribution in [0.2, 0.25) is 0 Å². The molecule has 11 nitrogen and oxygen atoms in total. The maximum Gasteiger partial charge on any atom is 0.257 e. The number of allylic oxidation sites excluding steroid dienone is 1. The highest BCUT2D eigenvalue weighted by atomic mass is 16.9. The van der Waals surface area contributed by atoms with Gasteiger partial charge in [-0.3, -0.25) is 19.5 Å². The Hall–Kier alpha value is -2.02. The predicted octanol–water partition coefficient (Wildman–Crippen LogP) is 0.336. The van der Waals surface area contributed by atoms with Gasteiger partial charge in [0.2, 0.25) is 5.95 Å². The first kappa shape index (κ1) is 25.0. The fourth-order valence-corrected chi connectivity index (χ4v) is 2.69. The lowest BCUT2D eigenvalue weighted by Crippen LogP contribution is -2.43. The summed E-state index contributed by atoms with van der Waals surface area (Å²) in [6.45, 7) is 7.53. The van der Waals surface area contributed by atoms with Gasteiger partial charge in [-0.15, -0.1) is 0 Å². The molecule has 166 valence electrons. The molecule has 0 spiro atoms. The Kier molecular flexibility index (Phi) is 10.8. The van der Waals surface area contributed by atoms with E-state index in [1.165, 1.54) is 12.0 Å². The molecule has 4 atom stereocenters. The average molecular weight is 415 g/mol. The first-order valence-corrected chi connectivity index (χ1v) is 9.63. The van der Waals surface area contributed by atoms with Crippen LogP contribution in [-0.4, -0.2) is 58.4 Å². The van der Waals surface area contributed by atoms with Gasteiger partial charge in [0.1, 0.15) is 24.1 Å². The third kappa shape index (κ3) is 6.49. The number of nitrogens with one attached hydrogen (secondary N) is 2. The van der Waals surface area contributed by atoms with Gasteiger partial charge in [0.05, 0.1) is 19.3 Å². The van der Waals surface area contributed by atoms with Gasteiger partial charge in [-0.1, -0.05) is 38.9 Å². The molecule has 0 aliphatic carbocycles. The number of nitrogen functional groups attached to an aromatic ring is 1. The number of hydrogen-bond donors (Lipinski definition) is 5. The molecule has 29 heavy (non-hydrogen) atoms. The molecule has 0 aromatic carbocycles. The minimum Gasteiger partial charge on any atom is -0.387 e. The largest absolute Gasteiger partial charge is 0.387 e. The van der Waals surface area contributed by atoms with Crippen LogP contribution in [0.1, 0.15) is 39.2 Å². The molecule has 0 saturated carbocycles. The van der Waals surface area contributed by atoms with Gasteiger partial charge >= 0.3 is 0 Å². The highest BCUT2D eigenvalue weighted by Gasteiger charge is 2.46. The third-order valence-corrected chi connectivity index (χ3v) is 4.11. The Balaban J connectivity index is 0.00000204. The molecule has 1 saturated heterocycles. The van der Waals surface area contributed by atoms with Crippen LogP contribution in [0, 0.1) is 6.92 Å². The van der Waals surface area contributed by atoms with Gasteiger partial charge in [-0.05, 0) is 13.3 Å². The van der Waals surface area contributed by atoms with Gasteiger partial charge in [0.15, 0.2) is 6.23 Å². The van der Waals surface area contributed by atoms with Crippen LogP contribution in [0.5, 0.6) is 0 Å². The zero-order valence-electron chi connectivity index (χ0n) is 17.6. The Morgan fingerprint density at radius 1 is 1.38 bits per heavy atom. The summed E-state index contributed by atoms with van der Waals surface area (Å²) in [5.41, 5.74) is 7.76. The minimum atomic E-state index is -1.27. The molecule has 1 aromatic rings. The molecular formula is C18H33N5O6. The van der Waals surface area contributed by atoms with Gasteiger partial charge in [0.25, 0.3) is 5.56 Å². The summed E-state index contributed by atoms with van der Waals surface area (Å²) in [6.07, 6.45) is 0.899. The Morgan fingerprint density at radius 3 is 2.69 bits per heavy atom. The fourth-order valence-electron chi connectivity index (χ4n) is 2.69. The molecule has 1 aliphatic rings. The van der Waals surface area contributed by atoms with Gasteiger partial charge < -0.3 is 25.6 Å². The first-order valence-electron chi connectivity index (χ1n) is 9.63. The van der Waals surface area contributed by atoms with Crippen LogP contribution in [0.25, 0.3) is 0 Å². The molecule has 11 heteroatoms. The van der Waals surface area contributed by atoms with E-state index in [-0.39, 0.29) is 18.4 Å². The number of rotatable bonds is 9. The van der Waals surface area contributed by atoms with Crippen LogP contribution in [0.3, 0.4) is 0 Å². The number of aromatic amines is 1. The SMILES string of the molecule is CC.CCC/C=C/N(c1nc(N)[nH]c(=O)c1C)C1OC(CONOC)C(O)C1O. The minimum absolute atomic E-state index is 0.0632. The van der Waals surface area contributed by atoms with E-state index in [1.54, 1.807) is 13.1 Å². The van der Waals surface area contributed by atoms with E-state index in [0.717, 1.165) is 12.8 Å². The number of anilines is 2. The molecule has 6 N–H and O–H groups in total. The lowest BCUT2D eigenvalue weighted by atomic mass is 10.1. The Labute approximate surface area is 170 Å².